The first-order valence-electron chi connectivity index (χ1n) is 9.59. The highest BCUT2D eigenvalue weighted by atomic mass is 16.1. The highest BCUT2D eigenvalue weighted by Crippen LogP contribution is 2.29. The second-order valence-corrected chi connectivity index (χ2v) is 7.13. The fourth-order valence-corrected chi connectivity index (χ4v) is 3.81. The lowest BCUT2D eigenvalue weighted by atomic mass is 9.97. The molecule has 0 aliphatic heterocycles. The van der Waals surface area contributed by atoms with Gasteiger partial charge in [0, 0.05) is 29.7 Å². The summed E-state index contributed by atoms with van der Waals surface area (Å²) in [5.74, 6) is -0.421. The van der Waals surface area contributed by atoms with Gasteiger partial charge >= 0.3 is 0 Å². The molecule has 3 aromatic heterocycles. The van der Waals surface area contributed by atoms with Crippen LogP contribution in [-0.2, 0) is 0 Å². The van der Waals surface area contributed by atoms with Crippen molar-refractivity contribution < 1.29 is 4.79 Å². The SMILES string of the molecule is Cc1c(C(N)=O)cccc1-c1ccn2c(-c3cccc(-n4cccn4)c3)cnc2c1. The number of hydrogen-bond donors (Lipinski definition) is 1. The molecule has 2 aromatic carbocycles. The van der Waals surface area contributed by atoms with Crippen molar-refractivity contribution in [1.29, 1.82) is 0 Å². The van der Waals surface area contributed by atoms with Gasteiger partial charge < -0.3 is 5.73 Å². The number of primary amides is 1. The Balaban J connectivity index is 1.58. The van der Waals surface area contributed by atoms with Crippen molar-refractivity contribution in [3.8, 4) is 28.1 Å². The summed E-state index contributed by atoms with van der Waals surface area (Å²) in [7, 11) is 0. The van der Waals surface area contributed by atoms with E-state index in [-0.39, 0.29) is 0 Å². The van der Waals surface area contributed by atoms with Crippen LogP contribution in [0.15, 0.2) is 85.5 Å². The molecule has 30 heavy (non-hydrogen) atoms. The predicted octanol–water partition coefficient (Wildman–Crippen LogP) is 4.26. The summed E-state index contributed by atoms with van der Waals surface area (Å²) in [6.07, 6.45) is 7.55. The maximum atomic E-state index is 11.7. The molecule has 1 amide bonds. The Hall–Kier alpha value is -4.19. The fourth-order valence-electron chi connectivity index (χ4n) is 3.81. The number of imidazole rings is 1. The quantitative estimate of drug-likeness (QED) is 0.495. The van der Waals surface area contributed by atoms with Gasteiger partial charge in [-0.2, -0.15) is 5.10 Å². The molecule has 0 saturated carbocycles. The maximum Gasteiger partial charge on any atom is 0.248 e. The Kier molecular flexibility index (Phi) is 4.17. The van der Waals surface area contributed by atoms with E-state index in [1.807, 2.05) is 72.7 Å². The summed E-state index contributed by atoms with van der Waals surface area (Å²) in [5.41, 5.74) is 12.7. The molecule has 0 saturated heterocycles. The van der Waals surface area contributed by atoms with Gasteiger partial charge in [0.1, 0.15) is 5.65 Å². The minimum atomic E-state index is -0.421. The van der Waals surface area contributed by atoms with Crippen LogP contribution in [-0.4, -0.2) is 25.1 Å². The fraction of sp³-hybridized carbons (Fsp3) is 0.0417. The molecule has 2 N–H and O–H groups in total. The number of fused-ring (bicyclic) bond motifs is 1. The Morgan fingerprint density at radius 3 is 2.63 bits per heavy atom. The third kappa shape index (κ3) is 2.95. The van der Waals surface area contributed by atoms with Crippen LogP contribution < -0.4 is 5.73 Å². The maximum absolute atomic E-state index is 11.7. The summed E-state index contributed by atoms with van der Waals surface area (Å²) in [4.78, 5) is 16.3. The van der Waals surface area contributed by atoms with Gasteiger partial charge in [0.05, 0.1) is 17.6 Å². The van der Waals surface area contributed by atoms with Crippen LogP contribution in [0.1, 0.15) is 15.9 Å². The van der Waals surface area contributed by atoms with Crippen LogP contribution in [0.4, 0.5) is 0 Å². The highest BCUT2D eigenvalue weighted by molar-refractivity contribution is 5.96. The third-order valence-corrected chi connectivity index (χ3v) is 5.33. The number of benzene rings is 2. The molecule has 0 aliphatic carbocycles. The molecule has 0 bridgehead atoms. The normalized spacial score (nSPS) is 11.1. The first kappa shape index (κ1) is 17.9. The number of carbonyl (C=O) groups is 1. The van der Waals surface area contributed by atoms with E-state index in [1.54, 1.807) is 12.3 Å². The third-order valence-electron chi connectivity index (χ3n) is 5.33. The largest absolute Gasteiger partial charge is 0.366 e. The van der Waals surface area contributed by atoms with E-state index in [0.717, 1.165) is 39.3 Å². The van der Waals surface area contributed by atoms with E-state index >= 15 is 0 Å². The van der Waals surface area contributed by atoms with E-state index in [4.69, 9.17) is 5.73 Å². The lowest BCUT2D eigenvalue weighted by Crippen LogP contribution is -2.12. The number of nitrogens with zero attached hydrogens (tertiary/aromatic N) is 4. The van der Waals surface area contributed by atoms with Crippen LogP contribution in [0.3, 0.4) is 0 Å². The monoisotopic (exact) mass is 393 g/mol. The number of nitrogens with two attached hydrogens (primary N) is 1. The van der Waals surface area contributed by atoms with E-state index < -0.39 is 5.91 Å². The Morgan fingerprint density at radius 2 is 1.83 bits per heavy atom. The molecule has 0 spiro atoms. The Labute approximate surface area is 173 Å². The average molecular weight is 393 g/mol. The second kappa shape index (κ2) is 7.00. The number of rotatable bonds is 4. The molecule has 6 heteroatoms. The van der Waals surface area contributed by atoms with Crippen molar-refractivity contribution >= 4 is 11.6 Å². The molecule has 0 fully saturated rings. The summed E-state index contributed by atoms with van der Waals surface area (Å²) < 4.78 is 3.89. The van der Waals surface area contributed by atoms with Gasteiger partial charge in [0.25, 0.3) is 0 Å². The summed E-state index contributed by atoms with van der Waals surface area (Å²) in [5, 5.41) is 4.31. The van der Waals surface area contributed by atoms with E-state index in [1.165, 1.54) is 0 Å². The van der Waals surface area contributed by atoms with Crippen LogP contribution in [0.2, 0.25) is 0 Å². The van der Waals surface area contributed by atoms with Gasteiger partial charge in [-0.15, -0.1) is 0 Å². The van der Waals surface area contributed by atoms with Gasteiger partial charge in [0.2, 0.25) is 5.91 Å². The van der Waals surface area contributed by atoms with Crippen molar-refractivity contribution in [3.05, 3.63) is 96.6 Å². The van der Waals surface area contributed by atoms with E-state index in [9.17, 15) is 4.79 Å². The van der Waals surface area contributed by atoms with Crippen LogP contribution >= 0.6 is 0 Å². The average Bonchev–Trinajstić information content (AvgIpc) is 3.43. The number of carbonyl (C=O) groups excluding carboxylic acids is 1. The number of pyridine rings is 1. The van der Waals surface area contributed by atoms with Crippen LogP contribution in [0.5, 0.6) is 0 Å². The number of hydrogen-bond acceptors (Lipinski definition) is 3. The summed E-state index contributed by atoms with van der Waals surface area (Å²) >= 11 is 0. The van der Waals surface area contributed by atoms with Crippen molar-refractivity contribution in [1.82, 2.24) is 19.2 Å². The van der Waals surface area contributed by atoms with Crippen LogP contribution in [0, 0.1) is 6.92 Å². The van der Waals surface area contributed by atoms with Crippen molar-refractivity contribution in [2.45, 2.75) is 6.92 Å². The van der Waals surface area contributed by atoms with E-state index in [2.05, 4.69) is 26.6 Å². The molecule has 5 aromatic rings. The standard InChI is InChI=1S/C24H19N5O/c1-16-20(7-3-8-21(16)24(25)30)17-9-12-28-22(15-26-23(28)14-17)18-5-2-6-19(13-18)29-11-4-10-27-29/h2-15H,1H3,(H2,25,30). The first-order valence-corrected chi connectivity index (χ1v) is 9.59. The lowest BCUT2D eigenvalue weighted by molar-refractivity contribution is 0.1000. The summed E-state index contributed by atoms with van der Waals surface area (Å²) in [6, 6.07) is 19.7. The molecular weight excluding hydrogens is 374 g/mol. The summed E-state index contributed by atoms with van der Waals surface area (Å²) in [6.45, 7) is 1.91. The predicted molar refractivity (Wildman–Crippen MR) is 116 cm³/mol. The minimum absolute atomic E-state index is 0.421. The zero-order valence-corrected chi connectivity index (χ0v) is 16.4. The molecule has 5 rings (SSSR count). The lowest BCUT2D eigenvalue weighted by Gasteiger charge is -2.10. The molecule has 3 heterocycles. The van der Waals surface area contributed by atoms with Gasteiger partial charge in [-0.05, 0) is 60.0 Å². The molecular formula is C24H19N5O. The van der Waals surface area contributed by atoms with Crippen molar-refractivity contribution in [2.24, 2.45) is 5.73 Å². The smallest absolute Gasteiger partial charge is 0.248 e. The number of aromatic nitrogens is 4. The molecule has 6 nitrogen and oxygen atoms in total. The van der Waals surface area contributed by atoms with Gasteiger partial charge in [-0.25, -0.2) is 9.67 Å². The van der Waals surface area contributed by atoms with Crippen molar-refractivity contribution in [3.63, 3.8) is 0 Å². The Morgan fingerprint density at radius 1 is 0.967 bits per heavy atom. The van der Waals surface area contributed by atoms with E-state index in [0.29, 0.717) is 5.56 Å². The minimum Gasteiger partial charge on any atom is -0.366 e. The molecule has 146 valence electrons. The number of amides is 1. The molecule has 0 unspecified atom stereocenters. The van der Waals surface area contributed by atoms with Gasteiger partial charge in [0.15, 0.2) is 0 Å². The highest BCUT2D eigenvalue weighted by Gasteiger charge is 2.12. The molecule has 0 aliphatic rings. The Bertz CT molecular complexity index is 1380. The van der Waals surface area contributed by atoms with Crippen molar-refractivity contribution in [2.75, 3.05) is 0 Å². The first-order chi connectivity index (χ1) is 14.6. The topological polar surface area (TPSA) is 78.2 Å². The van der Waals surface area contributed by atoms with Crippen LogP contribution in [0.25, 0.3) is 33.7 Å². The molecule has 0 atom stereocenters. The second-order valence-electron chi connectivity index (χ2n) is 7.13. The van der Waals surface area contributed by atoms with Gasteiger partial charge in [-0.3, -0.25) is 9.20 Å². The van der Waals surface area contributed by atoms with Gasteiger partial charge in [-0.1, -0.05) is 24.3 Å². The zero-order chi connectivity index (χ0) is 20.7. The zero-order valence-electron chi connectivity index (χ0n) is 16.4. The molecule has 0 radical (unpaired) electrons.